The van der Waals surface area contributed by atoms with Crippen LogP contribution in [0.25, 0.3) is 0 Å². The number of amides is 3. The molecular formula is C20H21N7O3S. The summed E-state index contributed by atoms with van der Waals surface area (Å²) < 4.78 is 0. The molecule has 10 nitrogen and oxygen atoms in total. The lowest BCUT2D eigenvalue weighted by Crippen LogP contribution is -2.49. The molecule has 0 saturated carbocycles. The maximum atomic E-state index is 12.6. The highest BCUT2D eigenvalue weighted by atomic mass is 32.1. The number of dihydropyridines is 1. The minimum atomic E-state index is -0.591. The van der Waals surface area contributed by atoms with Crippen molar-refractivity contribution in [2.24, 2.45) is 10.9 Å². The van der Waals surface area contributed by atoms with Gasteiger partial charge in [-0.1, -0.05) is 6.08 Å². The van der Waals surface area contributed by atoms with Gasteiger partial charge < -0.3 is 15.1 Å². The first-order valence-corrected chi connectivity index (χ1v) is 10.8. The van der Waals surface area contributed by atoms with Gasteiger partial charge in [0.1, 0.15) is 0 Å². The van der Waals surface area contributed by atoms with E-state index in [0.717, 1.165) is 5.69 Å². The minimum absolute atomic E-state index is 0.0837. The quantitative estimate of drug-likeness (QED) is 0.711. The lowest BCUT2D eigenvalue weighted by molar-refractivity contribution is -0.131. The molecule has 1 atom stereocenters. The highest BCUT2D eigenvalue weighted by Crippen LogP contribution is 2.19. The van der Waals surface area contributed by atoms with Gasteiger partial charge in [-0.15, -0.1) is 11.3 Å². The van der Waals surface area contributed by atoms with E-state index in [9.17, 15) is 14.4 Å². The van der Waals surface area contributed by atoms with Crippen LogP contribution < -0.4 is 10.2 Å². The Kier molecular flexibility index (Phi) is 6.41. The summed E-state index contributed by atoms with van der Waals surface area (Å²) in [6.45, 7) is 2.67. The zero-order valence-electron chi connectivity index (χ0n) is 16.7. The van der Waals surface area contributed by atoms with E-state index in [4.69, 9.17) is 0 Å². The molecule has 1 saturated heterocycles. The van der Waals surface area contributed by atoms with Gasteiger partial charge in [-0.3, -0.25) is 14.4 Å². The summed E-state index contributed by atoms with van der Waals surface area (Å²) >= 11 is 1.30. The molecule has 1 unspecified atom stereocenters. The van der Waals surface area contributed by atoms with Crippen LogP contribution in [-0.2, 0) is 20.8 Å². The van der Waals surface area contributed by atoms with Crippen molar-refractivity contribution < 1.29 is 14.4 Å². The minimum Gasteiger partial charge on any atom is -0.339 e. The third kappa shape index (κ3) is 5.37. The highest BCUT2D eigenvalue weighted by Gasteiger charge is 2.23. The zero-order valence-corrected chi connectivity index (χ0v) is 17.5. The van der Waals surface area contributed by atoms with E-state index in [0.29, 0.717) is 50.1 Å². The van der Waals surface area contributed by atoms with Gasteiger partial charge in [0.2, 0.25) is 17.8 Å². The number of piperazine rings is 1. The van der Waals surface area contributed by atoms with Gasteiger partial charge in [-0.25, -0.2) is 19.9 Å². The predicted molar refractivity (Wildman–Crippen MR) is 116 cm³/mol. The molecule has 2 aromatic heterocycles. The molecule has 0 bridgehead atoms. The summed E-state index contributed by atoms with van der Waals surface area (Å²) in [5, 5.41) is 5.02. The van der Waals surface area contributed by atoms with Crippen LogP contribution in [0.4, 0.5) is 11.1 Å². The Labute approximate surface area is 182 Å². The Balaban J connectivity index is 1.22. The molecule has 1 fully saturated rings. The van der Waals surface area contributed by atoms with Gasteiger partial charge in [0.25, 0.3) is 5.91 Å². The van der Waals surface area contributed by atoms with Crippen LogP contribution in [0.3, 0.4) is 0 Å². The average molecular weight is 440 g/mol. The predicted octanol–water partition coefficient (Wildman–Crippen LogP) is 0.936. The summed E-state index contributed by atoms with van der Waals surface area (Å²) in [5.41, 5.74) is 0.757. The van der Waals surface area contributed by atoms with Crippen molar-refractivity contribution in [3.05, 3.63) is 41.7 Å². The Bertz CT molecular complexity index is 997. The van der Waals surface area contributed by atoms with Crippen LogP contribution in [0.15, 0.2) is 41.0 Å². The van der Waals surface area contributed by atoms with Crippen molar-refractivity contribution in [1.29, 1.82) is 0 Å². The van der Waals surface area contributed by atoms with Crippen molar-refractivity contribution in [1.82, 2.24) is 19.9 Å². The number of carbonyl (C=O) groups excluding carboxylic acids is 3. The number of aryl methyl sites for hydroxylation is 1. The first kappa shape index (κ1) is 20.8. The van der Waals surface area contributed by atoms with Crippen LogP contribution in [0.2, 0.25) is 0 Å². The lowest BCUT2D eigenvalue weighted by Gasteiger charge is -2.34. The molecule has 4 heterocycles. The number of aliphatic imine (C=N–C) groups is 1. The molecule has 3 amide bonds. The Hall–Kier alpha value is -3.47. The lowest BCUT2D eigenvalue weighted by atomic mass is 10.1. The Morgan fingerprint density at radius 3 is 2.65 bits per heavy atom. The van der Waals surface area contributed by atoms with Gasteiger partial charge >= 0.3 is 0 Å². The van der Waals surface area contributed by atoms with E-state index < -0.39 is 5.92 Å². The second-order valence-corrected chi connectivity index (χ2v) is 7.91. The number of hydrogen-bond donors (Lipinski definition) is 1. The number of thiazole rings is 1. The molecule has 2 aromatic rings. The van der Waals surface area contributed by atoms with Gasteiger partial charge in [-0.2, -0.15) is 0 Å². The third-order valence-electron chi connectivity index (χ3n) is 4.96. The second kappa shape index (κ2) is 9.56. The molecule has 1 N–H and O–H groups in total. The van der Waals surface area contributed by atoms with Crippen molar-refractivity contribution in [2.45, 2.75) is 12.8 Å². The third-order valence-corrected chi connectivity index (χ3v) is 5.76. The van der Waals surface area contributed by atoms with E-state index >= 15 is 0 Å². The molecule has 4 rings (SSSR count). The molecule has 0 spiro atoms. The summed E-state index contributed by atoms with van der Waals surface area (Å²) in [6, 6.07) is 1.78. The Morgan fingerprint density at radius 1 is 1.16 bits per heavy atom. The molecular weight excluding hydrogens is 418 g/mol. The molecule has 0 aliphatic carbocycles. The van der Waals surface area contributed by atoms with Crippen LogP contribution in [0.5, 0.6) is 0 Å². The Morgan fingerprint density at radius 2 is 1.94 bits per heavy atom. The number of carbonyl (C=O) groups is 3. The summed E-state index contributed by atoms with van der Waals surface area (Å²) in [4.78, 5) is 56.3. The van der Waals surface area contributed by atoms with Crippen molar-refractivity contribution in [3.8, 4) is 0 Å². The summed E-state index contributed by atoms with van der Waals surface area (Å²) in [5.74, 6) is -0.495. The van der Waals surface area contributed by atoms with Crippen molar-refractivity contribution >= 4 is 46.4 Å². The van der Waals surface area contributed by atoms with Crippen molar-refractivity contribution in [3.63, 3.8) is 0 Å². The molecule has 2 aliphatic rings. The van der Waals surface area contributed by atoms with E-state index in [1.165, 1.54) is 29.7 Å². The van der Waals surface area contributed by atoms with Crippen LogP contribution in [0, 0.1) is 5.92 Å². The highest BCUT2D eigenvalue weighted by molar-refractivity contribution is 7.13. The number of rotatable bonds is 6. The fraction of sp³-hybridized carbons (Fsp3) is 0.350. The first-order valence-electron chi connectivity index (χ1n) is 9.90. The monoisotopic (exact) mass is 439 g/mol. The topological polar surface area (TPSA) is 121 Å². The van der Waals surface area contributed by atoms with Gasteiger partial charge in [0, 0.05) is 62.7 Å². The van der Waals surface area contributed by atoms with Gasteiger partial charge in [-0.05, 0) is 12.5 Å². The largest absolute Gasteiger partial charge is 0.339 e. The molecule has 2 aliphatic heterocycles. The number of anilines is 2. The van der Waals surface area contributed by atoms with E-state index in [2.05, 4.69) is 30.2 Å². The number of nitrogens with zero attached hydrogens (tertiary/aromatic N) is 6. The molecule has 160 valence electrons. The number of nitrogens with one attached hydrogen (secondary N) is 1. The molecule has 11 heteroatoms. The smallest absolute Gasteiger partial charge is 0.269 e. The first-order chi connectivity index (χ1) is 15.1. The fourth-order valence-electron chi connectivity index (χ4n) is 3.26. The summed E-state index contributed by atoms with van der Waals surface area (Å²) in [6.07, 6.45) is 8.38. The molecule has 0 aromatic carbocycles. The van der Waals surface area contributed by atoms with Crippen LogP contribution in [0.1, 0.15) is 12.1 Å². The molecule has 31 heavy (non-hydrogen) atoms. The summed E-state index contributed by atoms with van der Waals surface area (Å²) in [7, 11) is 0. The number of aromatic nitrogens is 3. The normalized spacial score (nSPS) is 18.3. The number of hydrogen-bond acceptors (Lipinski definition) is 8. The van der Waals surface area contributed by atoms with E-state index in [-0.39, 0.29) is 17.7 Å². The average Bonchev–Trinajstić information content (AvgIpc) is 3.26. The van der Waals surface area contributed by atoms with E-state index in [1.54, 1.807) is 18.5 Å². The van der Waals surface area contributed by atoms with Crippen LogP contribution in [-0.4, -0.2) is 70.0 Å². The zero-order chi connectivity index (χ0) is 21.6. The SMILES string of the molecule is O=C1C=CC(C(=O)Nc2nc(CCC(=O)N3CCN(c4ncccn4)CC3)cs2)C=N1. The van der Waals surface area contributed by atoms with Gasteiger partial charge in [0.15, 0.2) is 5.13 Å². The van der Waals surface area contributed by atoms with Crippen LogP contribution >= 0.6 is 11.3 Å². The fourth-order valence-corrected chi connectivity index (χ4v) is 4.01. The van der Waals surface area contributed by atoms with E-state index in [1.807, 2.05) is 10.3 Å². The molecule has 0 radical (unpaired) electrons. The standard InChI is InChI=1S/C20H21N7O3S/c28-16-4-2-14(12-23-16)18(30)25-20-24-15(13-31-20)3-5-17(29)26-8-10-27(11-9-26)19-21-6-1-7-22-19/h1-2,4,6-7,12-14H,3,5,8-11H2,(H,24,25,30). The van der Waals surface area contributed by atoms with Gasteiger partial charge in [0.05, 0.1) is 11.6 Å². The maximum absolute atomic E-state index is 12.6. The van der Waals surface area contributed by atoms with Crippen molar-refractivity contribution in [2.75, 3.05) is 36.4 Å². The second-order valence-electron chi connectivity index (χ2n) is 7.05. The maximum Gasteiger partial charge on any atom is 0.269 e.